The van der Waals surface area contributed by atoms with E-state index in [-0.39, 0.29) is 5.69 Å². The van der Waals surface area contributed by atoms with Crippen LogP contribution in [-0.2, 0) is 6.42 Å². The Labute approximate surface area is 113 Å². The van der Waals surface area contributed by atoms with E-state index in [2.05, 4.69) is 4.98 Å². The van der Waals surface area contributed by atoms with Crippen molar-refractivity contribution >= 4 is 28.9 Å². The maximum atomic E-state index is 11.0. The molecule has 0 radical (unpaired) electrons. The first-order chi connectivity index (χ1) is 8.60. The molecule has 0 bridgehead atoms. The summed E-state index contributed by atoms with van der Waals surface area (Å²) in [6.07, 6.45) is 0.609. The van der Waals surface area contributed by atoms with E-state index >= 15 is 0 Å². The van der Waals surface area contributed by atoms with Crippen LogP contribution in [0.3, 0.4) is 0 Å². The van der Waals surface area contributed by atoms with Crippen LogP contribution in [0, 0.1) is 0 Å². The van der Waals surface area contributed by atoms with Crippen LogP contribution in [-0.4, -0.2) is 16.1 Å². The highest BCUT2D eigenvalue weighted by atomic mass is 35.5. The highest BCUT2D eigenvalue weighted by Gasteiger charge is 2.17. The van der Waals surface area contributed by atoms with Crippen molar-refractivity contribution in [3.8, 4) is 10.9 Å². The van der Waals surface area contributed by atoms with Gasteiger partial charge in [0.15, 0.2) is 5.69 Å². The second-order valence-corrected chi connectivity index (χ2v) is 4.95. The normalized spacial score (nSPS) is 10.3. The largest absolute Gasteiger partial charge is 0.476 e. The Balaban J connectivity index is 2.27. The summed E-state index contributed by atoms with van der Waals surface area (Å²) < 4.78 is 5.49. The maximum Gasteiger partial charge on any atom is 0.355 e. The molecule has 0 amide bonds. The Morgan fingerprint density at radius 2 is 2.33 bits per heavy atom. The molecular formula is C12H10ClNO3S. The predicted molar refractivity (Wildman–Crippen MR) is 70.0 cm³/mol. The zero-order valence-corrected chi connectivity index (χ0v) is 11.1. The Morgan fingerprint density at radius 3 is 2.89 bits per heavy atom. The van der Waals surface area contributed by atoms with Gasteiger partial charge in [-0.1, -0.05) is 35.9 Å². The van der Waals surface area contributed by atoms with Gasteiger partial charge in [-0.25, -0.2) is 4.79 Å². The monoisotopic (exact) mass is 283 g/mol. The summed E-state index contributed by atoms with van der Waals surface area (Å²) in [4.78, 5) is 15.6. The first-order valence-electron chi connectivity index (χ1n) is 5.26. The molecule has 0 spiro atoms. The summed E-state index contributed by atoms with van der Waals surface area (Å²) in [5.74, 6) is -0.500. The molecule has 1 N–H and O–H groups in total. The number of halogens is 1. The minimum atomic E-state index is -1.04. The van der Waals surface area contributed by atoms with Crippen LogP contribution in [0.4, 0.5) is 0 Å². The van der Waals surface area contributed by atoms with Crippen molar-refractivity contribution in [3.05, 3.63) is 39.9 Å². The van der Waals surface area contributed by atoms with Gasteiger partial charge in [0.25, 0.3) is 5.19 Å². The first kappa shape index (κ1) is 12.9. The van der Waals surface area contributed by atoms with Gasteiger partial charge in [0, 0.05) is 9.90 Å². The zero-order chi connectivity index (χ0) is 13.1. The van der Waals surface area contributed by atoms with Crippen LogP contribution < -0.4 is 4.74 Å². The average molecular weight is 284 g/mol. The number of aryl methyl sites for hydroxylation is 1. The van der Waals surface area contributed by atoms with Crippen LogP contribution >= 0.6 is 22.9 Å². The van der Waals surface area contributed by atoms with Crippen molar-refractivity contribution in [2.75, 3.05) is 0 Å². The van der Waals surface area contributed by atoms with Crippen molar-refractivity contribution in [1.29, 1.82) is 0 Å². The second-order valence-electron chi connectivity index (χ2n) is 3.47. The molecule has 0 atom stereocenters. The van der Waals surface area contributed by atoms with E-state index in [1.54, 1.807) is 24.3 Å². The van der Waals surface area contributed by atoms with Crippen molar-refractivity contribution in [3.63, 3.8) is 0 Å². The molecule has 18 heavy (non-hydrogen) atoms. The molecule has 0 aliphatic rings. The summed E-state index contributed by atoms with van der Waals surface area (Å²) in [5, 5.41) is 9.85. The van der Waals surface area contributed by atoms with E-state index in [0.29, 0.717) is 27.3 Å². The molecular weight excluding hydrogens is 274 g/mol. The lowest BCUT2D eigenvalue weighted by Gasteiger charge is -2.00. The Hall–Kier alpha value is -1.59. The smallest absolute Gasteiger partial charge is 0.355 e. The lowest BCUT2D eigenvalue weighted by Crippen LogP contribution is -2.00. The molecule has 0 saturated heterocycles. The van der Waals surface area contributed by atoms with E-state index in [1.165, 1.54) is 11.3 Å². The molecule has 0 aliphatic heterocycles. The van der Waals surface area contributed by atoms with E-state index in [9.17, 15) is 4.79 Å². The number of thiazole rings is 1. The van der Waals surface area contributed by atoms with Gasteiger partial charge in [0.1, 0.15) is 5.75 Å². The fourth-order valence-electron chi connectivity index (χ4n) is 1.41. The molecule has 6 heteroatoms. The Bertz CT molecular complexity index is 582. The number of rotatable bonds is 4. The molecule has 0 fully saturated rings. The molecule has 1 aromatic carbocycles. The van der Waals surface area contributed by atoms with E-state index in [0.717, 1.165) is 0 Å². The predicted octanol–water partition coefficient (Wildman–Crippen LogP) is 3.85. The van der Waals surface area contributed by atoms with E-state index < -0.39 is 5.97 Å². The third kappa shape index (κ3) is 2.80. The molecule has 1 aromatic heterocycles. The summed E-state index contributed by atoms with van der Waals surface area (Å²) in [5.41, 5.74) is 0.0551. The number of carboxylic acids is 1. The van der Waals surface area contributed by atoms with Crippen molar-refractivity contribution < 1.29 is 14.6 Å². The fourth-order valence-corrected chi connectivity index (χ4v) is 2.45. The van der Waals surface area contributed by atoms with Crippen molar-refractivity contribution in [1.82, 2.24) is 4.98 Å². The van der Waals surface area contributed by atoms with Gasteiger partial charge in [0.2, 0.25) is 0 Å². The number of carboxylic acid groups (broad SMARTS) is 1. The van der Waals surface area contributed by atoms with Gasteiger partial charge >= 0.3 is 5.97 Å². The molecule has 2 aromatic rings. The molecule has 1 heterocycles. The van der Waals surface area contributed by atoms with Crippen LogP contribution in [0.15, 0.2) is 24.3 Å². The summed E-state index contributed by atoms with van der Waals surface area (Å²) in [7, 11) is 0. The average Bonchev–Trinajstić information content (AvgIpc) is 2.72. The minimum Gasteiger partial charge on any atom is -0.476 e. The maximum absolute atomic E-state index is 11.0. The number of nitrogens with zero attached hydrogens (tertiary/aromatic N) is 1. The van der Waals surface area contributed by atoms with Crippen molar-refractivity contribution in [2.45, 2.75) is 13.3 Å². The second kappa shape index (κ2) is 5.37. The number of hydrogen-bond acceptors (Lipinski definition) is 4. The highest BCUT2D eigenvalue weighted by Crippen LogP contribution is 2.30. The van der Waals surface area contributed by atoms with Gasteiger partial charge in [-0.15, -0.1) is 0 Å². The summed E-state index contributed by atoms with van der Waals surface area (Å²) >= 11 is 7.07. The first-order valence-corrected chi connectivity index (χ1v) is 6.46. The third-order valence-electron chi connectivity index (χ3n) is 2.20. The zero-order valence-electron chi connectivity index (χ0n) is 9.51. The lowest BCUT2D eigenvalue weighted by atomic mass is 10.3. The molecule has 0 saturated carbocycles. The summed E-state index contributed by atoms with van der Waals surface area (Å²) in [6, 6.07) is 6.87. The Morgan fingerprint density at radius 1 is 1.56 bits per heavy atom. The SMILES string of the molecule is CCc1sc(Oc2cccc(Cl)c2)nc1C(=O)O. The highest BCUT2D eigenvalue weighted by molar-refractivity contribution is 7.13. The minimum absolute atomic E-state index is 0.0551. The van der Waals surface area contributed by atoms with E-state index in [1.807, 2.05) is 6.92 Å². The number of hydrogen-bond donors (Lipinski definition) is 1. The van der Waals surface area contributed by atoms with Gasteiger partial charge in [-0.05, 0) is 24.6 Å². The lowest BCUT2D eigenvalue weighted by molar-refractivity contribution is 0.0689. The number of aromatic carboxylic acids is 1. The summed E-state index contributed by atoms with van der Waals surface area (Å²) in [6.45, 7) is 1.88. The number of ether oxygens (including phenoxy) is 1. The van der Waals surface area contributed by atoms with Crippen molar-refractivity contribution in [2.24, 2.45) is 0 Å². The number of carbonyl (C=O) groups is 1. The molecule has 2 rings (SSSR count). The standard InChI is InChI=1S/C12H10ClNO3S/c1-2-9-10(11(15)16)14-12(18-9)17-8-5-3-4-7(13)6-8/h3-6H,2H2,1H3,(H,15,16). The van der Waals surface area contributed by atoms with E-state index in [4.69, 9.17) is 21.4 Å². The number of aromatic nitrogens is 1. The molecule has 4 nitrogen and oxygen atoms in total. The van der Waals surface area contributed by atoms with Gasteiger partial charge in [-0.2, -0.15) is 4.98 Å². The Kier molecular flexibility index (Phi) is 3.84. The van der Waals surface area contributed by atoms with Crippen LogP contribution in [0.2, 0.25) is 5.02 Å². The molecule has 94 valence electrons. The molecule has 0 aliphatic carbocycles. The molecule has 0 unspecified atom stereocenters. The van der Waals surface area contributed by atoms with Gasteiger partial charge in [-0.3, -0.25) is 0 Å². The van der Waals surface area contributed by atoms with Gasteiger partial charge in [0.05, 0.1) is 0 Å². The van der Waals surface area contributed by atoms with Gasteiger partial charge < -0.3 is 9.84 Å². The van der Waals surface area contributed by atoms with Crippen LogP contribution in [0.1, 0.15) is 22.3 Å². The fraction of sp³-hybridized carbons (Fsp3) is 0.167. The third-order valence-corrected chi connectivity index (χ3v) is 3.52. The quantitative estimate of drug-likeness (QED) is 0.926. The van der Waals surface area contributed by atoms with Crippen LogP contribution in [0.5, 0.6) is 10.9 Å². The van der Waals surface area contributed by atoms with Crippen LogP contribution in [0.25, 0.3) is 0 Å². The topological polar surface area (TPSA) is 59.4 Å². The number of benzene rings is 1.